The quantitative estimate of drug-likeness (QED) is 0.602. The molecule has 2 rings (SSSR count). The van der Waals surface area contributed by atoms with E-state index < -0.39 is 0 Å². The van der Waals surface area contributed by atoms with Crippen molar-refractivity contribution in [1.82, 2.24) is 5.32 Å². The van der Waals surface area contributed by atoms with Gasteiger partial charge < -0.3 is 5.32 Å². The van der Waals surface area contributed by atoms with E-state index in [9.17, 15) is 4.79 Å². The zero-order valence-corrected chi connectivity index (χ0v) is 12.1. The summed E-state index contributed by atoms with van der Waals surface area (Å²) in [6, 6.07) is 8.37. The summed E-state index contributed by atoms with van der Waals surface area (Å²) < 4.78 is 0. The van der Waals surface area contributed by atoms with Crippen molar-refractivity contribution in [3.8, 4) is 0 Å². The first kappa shape index (κ1) is 14.4. The minimum absolute atomic E-state index is 0.139. The van der Waals surface area contributed by atoms with Crippen molar-refractivity contribution in [2.75, 3.05) is 12.4 Å². The fourth-order valence-electron chi connectivity index (χ4n) is 2.67. The first-order valence-electron chi connectivity index (χ1n) is 7.21. The summed E-state index contributed by atoms with van der Waals surface area (Å²) in [4.78, 5) is 12.1. The van der Waals surface area contributed by atoms with Crippen LogP contribution in [0.1, 0.15) is 36.8 Å². The first-order valence-corrected chi connectivity index (χ1v) is 7.75. The number of carbonyl (C=O) groups is 1. The molecule has 0 fully saturated rings. The lowest BCUT2D eigenvalue weighted by molar-refractivity contribution is -0.124. The van der Waals surface area contributed by atoms with E-state index in [2.05, 4.69) is 29.6 Å². The molecule has 1 amide bonds. The van der Waals surface area contributed by atoms with Gasteiger partial charge in [-0.15, -0.1) is 11.6 Å². The van der Waals surface area contributed by atoms with Crippen molar-refractivity contribution < 1.29 is 4.79 Å². The van der Waals surface area contributed by atoms with Gasteiger partial charge in [0, 0.05) is 18.3 Å². The number of rotatable bonds is 7. The number of nitrogens with one attached hydrogen (secondary N) is 1. The van der Waals surface area contributed by atoms with Crippen LogP contribution in [0.5, 0.6) is 0 Å². The lowest BCUT2D eigenvalue weighted by atomic mass is 10.1. The largest absolute Gasteiger partial charge is 0.356 e. The van der Waals surface area contributed by atoms with Gasteiger partial charge in [-0.2, -0.15) is 0 Å². The molecule has 104 valence electrons. The van der Waals surface area contributed by atoms with E-state index in [-0.39, 0.29) is 11.8 Å². The van der Waals surface area contributed by atoms with Gasteiger partial charge in [-0.3, -0.25) is 4.79 Å². The standard InChI is InChI=1S/C16H22ClNO/c17-9-5-1-2-6-10-18-16(19)15-11-13-7-3-4-8-14(13)12-15/h3-4,7-8,15H,1-2,5-6,9-12H2,(H,18,19). The average Bonchev–Trinajstić information content (AvgIpc) is 2.86. The van der Waals surface area contributed by atoms with Crippen molar-refractivity contribution in [2.24, 2.45) is 5.92 Å². The molecule has 0 aromatic heterocycles. The molecule has 0 bridgehead atoms. The number of amides is 1. The third-order valence-electron chi connectivity index (χ3n) is 3.78. The normalized spacial score (nSPS) is 14.4. The molecule has 0 aliphatic heterocycles. The number of unbranched alkanes of at least 4 members (excludes halogenated alkanes) is 3. The fourth-order valence-corrected chi connectivity index (χ4v) is 2.86. The van der Waals surface area contributed by atoms with E-state index in [0.29, 0.717) is 0 Å². The van der Waals surface area contributed by atoms with E-state index in [1.165, 1.54) is 11.1 Å². The van der Waals surface area contributed by atoms with Gasteiger partial charge in [-0.05, 0) is 36.8 Å². The smallest absolute Gasteiger partial charge is 0.223 e. The number of halogens is 1. The van der Waals surface area contributed by atoms with Gasteiger partial charge in [0.25, 0.3) is 0 Å². The molecule has 0 unspecified atom stereocenters. The molecule has 0 heterocycles. The summed E-state index contributed by atoms with van der Waals surface area (Å²) in [6.07, 6.45) is 6.24. The molecular formula is C16H22ClNO. The summed E-state index contributed by atoms with van der Waals surface area (Å²) in [7, 11) is 0. The van der Waals surface area contributed by atoms with Crippen LogP contribution in [0.15, 0.2) is 24.3 Å². The second-order valence-corrected chi connectivity index (χ2v) is 5.65. The second-order valence-electron chi connectivity index (χ2n) is 5.27. The SMILES string of the molecule is O=C(NCCCCCCCl)C1Cc2ccccc2C1. The molecule has 0 spiro atoms. The van der Waals surface area contributed by atoms with E-state index >= 15 is 0 Å². The van der Waals surface area contributed by atoms with E-state index in [0.717, 1.165) is 50.9 Å². The summed E-state index contributed by atoms with van der Waals surface area (Å²) in [5.41, 5.74) is 2.68. The van der Waals surface area contributed by atoms with Gasteiger partial charge in [0.1, 0.15) is 0 Å². The van der Waals surface area contributed by atoms with E-state index in [1.54, 1.807) is 0 Å². The minimum Gasteiger partial charge on any atom is -0.356 e. The van der Waals surface area contributed by atoms with Crippen LogP contribution in [-0.2, 0) is 17.6 Å². The molecule has 0 radical (unpaired) electrons. The van der Waals surface area contributed by atoms with Crippen molar-refractivity contribution in [1.29, 1.82) is 0 Å². The van der Waals surface area contributed by atoms with Crippen LogP contribution in [0.2, 0.25) is 0 Å². The van der Waals surface area contributed by atoms with Crippen LogP contribution in [-0.4, -0.2) is 18.3 Å². The predicted molar refractivity (Wildman–Crippen MR) is 79.5 cm³/mol. The predicted octanol–water partition coefficient (Wildman–Crippen LogP) is 3.32. The summed E-state index contributed by atoms with van der Waals surface area (Å²) in [6.45, 7) is 0.800. The average molecular weight is 280 g/mol. The van der Waals surface area contributed by atoms with Crippen LogP contribution in [0.4, 0.5) is 0 Å². The Morgan fingerprint density at radius 2 is 1.74 bits per heavy atom. The maximum Gasteiger partial charge on any atom is 0.223 e. The molecule has 0 saturated heterocycles. The van der Waals surface area contributed by atoms with Crippen LogP contribution < -0.4 is 5.32 Å². The molecule has 1 aromatic rings. The Hall–Kier alpha value is -1.02. The first-order chi connectivity index (χ1) is 9.31. The Labute approximate surface area is 120 Å². The van der Waals surface area contributed by atoms with E-state index in [4.69, 9.17) is 11.6 Å². The Kier molecular flexibility index (Phi) is 5.71. The summed E-state index contributed by atoms with van der Waals surface area (Å²) in [5.74, 6) is 1.10. The monoisotopic (exact) mass is 279 g/mol. The Morgan fingerprint density at radius 1 is 1.11 bits per heavy atom. The van der Waals surface area contributed by atoms with Crippen molar-refractivity contribution in [3.63, 3.8) is 0 Å². The van der Waals surface area contributed by atoms with Gasteiger partial charge in [0.2, 0.25) is 5.91 Å². The van der Waals surface area contributed by atoms with Gasteiger partial charge in [0.15, 0.2) is 0 Å². The van der Waals surface area contributed by atoms with Crippen LogP contribution in [0.25, 0.3) is 0 Å². The molecule has 1 aliphatic rings. The molecule has 0 saturated carbocycles. The van der Waals surface area contributed by atoms with Crippen LogP contribution in [0, 0.1) is 5.92 Å². The van der Waals surface area contributed by atoms with Gasteiger partial charge >= 0.3 is 0 Å². The van der Waals surface area contributed by atoms with Crippen LogP contribution >= 0.6 is 11.6 Å². The summed E-state index contributed by atoms with van der Waals surface area (Å²) in [5, 5.41) is 3.06. The molecule has 1 N–H and O–H groups in total. The molecule has 3 heteroatoms. The lowest BCUT2D eigenvalue weighted by Crippen LogP contribution is -2.31. The number of alkyl halides is 1. The molecule has 0 atom stereocenters. The molecule has 1 aromatic carbocycles. The van der Waals surface area contributed by atoms with Crippen LogP contribution in [0.3, 0.4) is 0 Å². The lowest BCUT2D eigenvalue weighted by Gasteiger charge is -2.10. The number of hydrogen-bond acceptors (Lipinski definition) is 1. The third kappa shape index (κ3) is 4.24. The van der Waals surface area contributed by atoms with Gasteiger partial charge in [-0.25, -0.2) is 0 Å². The highest BCUT2D eigenvalue weighted by Crippen LogP contribution is 2.26. The zero-order chi connectivity index (χ0) is 13.5. The summed E-state index contributed by atoms with van der Waals surface area (Å²) >= 11 is 5.63. The molecule has 2 nitrogen and oxygen atoms in total. The maximum atomic E-state index is 12.1. The fraction of sp³-hybridized carbons (Fsp3) is 0.562. The highest BCUT2D eigenvalue weighted by Gasteiger charge is 2.26. The molecular weight excluding hydrogens is 258 g/mol. The number of carbonyl (C=O) groups excluding carboxylic acids is 1. The minimum atomic E-state index is 0.139. The highest BCUT2D eigenvalue weighted by molar-refractivity contribution is 6.17. The molecule has 19 heavy (non-hydrogen) atoms. The number of fused-ring (bicyclic) bond motifs is 1. The molecule has 1 aliphatic carbocycles. The van der Waals surface area contributed by atoms with Crippen molar-refractivity contribution in [3.05, 3.63) is 35.4 Å². The Balaban J connectivity index is 1.66. The Morgan fingerprint density at radius 3 is 2.37 bits per heavy atom. The third-order valence-corrected chi connectivity index (χ3v) is 4.05. The number of benzene rings is 1. The highest BCUT2D eigenvalue weighted by atomic mass is 35.5. The Bertz CT molecular complexity index is 394. The number of hydrogen-bond donors (Lipinski definition) is 1. The topological polar surface area (TPSA) is 29.1 Å². The van der Waals surface area contributed by atoms with Crippen molar-refractivity contribution >= 4 is 17.5 Å². The second kappa shape index (κ2) is 7.54. The van der Waals surface area contributed by atoms with E-state index in [1.807, 2.05) is 0 Å². The zero-order valence-electron chi connectivity index (χ0n) is 11.3. The van der Waals surface area contributed by atoms with Gasteiger partial charge in [-0.1, -0.05) is 37.1 Å². The maximum absolute atomic E-state index is 12.1. The van der Waals surface area contributed by atoms with Crippen molar-refractivity contribution in [2.45, 2.75) is 38.5 Å². The van der Waals surface area contributed by atoms with Gasteiger partial charge in [0.05, 0.1) is 0 Å².